The Morgan fingerprint density at radius 1 is 1.15 bits per heavy atom. The molecule has 27 heavy (non-hydrogen) atoms. The summed E-state index contributed by atoms with van der Waals surface area (Å²) in [4.78, 5) is 24.2. The molecular weight excluding hydrogens is 338 g/mol. The number of ketones is 1. The van der Waals surface area contributed by atoms with Gasteiger partial charge in [-0.1, -0.05) is 51.0 Å². The first-order valence-electron chi connectivity index (χ1n) is 10.5. The third kappa shape index (κ3) is 6.17. The maximum atomic E-state index is 12.8. The highest BCUT2D eigenvalue weighted by atomic mass is 16.4. The molecule has 4 nitrogen and oxygen atoms in total. The number of carboxylic acid groups (broad SMARTS) is 1. The monoisotopic (exact) mass is 373 g/mol. The van der Waals surface area contributed by atoms with E-state index in [1.807, 2.05) is 24.3 Å². The molecule has 0 heterocycles. The number of Topliss-reactive ketones (excluding diaryl/α,β-unsaturated/α-hetero) is 1. The van der Waals surface area contributed by atoms with Crippen LogP contribution in [0.5, 0.6) is 0 Å². The number of hydrogen-bond acceptors (Lipinski definition) is 3. The Kier molecular flexibility index (Phi) is 8.49. The van der Waals surface area contributed by atoms with Gasteiger partial charge in [-0.15, -0.1) is 0 Å². The molecule has 1 aromatic rings. The summed E-state index contributed by atoms with van der Waals surface area (Å²) in [5, 5.41) is 9.44. The normalized spacial score (nSPS) is 22.2. The van der Waals surface area contributed by atoms with Crippen LogP contribution in [0.25, 0.3) is 0 Å². The molecule has 4 heteroatoms. The average Bonchev–Trinajstić information content (AvgIpc) is 2.70. The summed E-state index contributed by atoms with van der Waals surface area (Å²) in [7, 11) is 0. The lowest BCUT2D eigenvalue weighted by atomic mass is 9.78. The third-order valence-electron chi connectivity index (χ3n) is 6.21. The molecule has 0 aromatic heterocycles. The van der Waals surface area contributed by atoms with Crippen molar-refractivity contribution in [3.05, 3.63) is 35.4 Å². The van der Waals surface area contributed by atoms with E-state index in [4.69, 9.17) is 5.73 Å². The van der Waals surface area contributed by atoms with E-state index in [2.05, 4.69) is 13.8 Å². The molecule has 1 aromatic carbocycles. The van der Waals surface area contributed by atoms with Gasteiger partial charge < -0.3 is 10.8 Å². The van der Waals surface area contributed by atoms with E-state index >= 15 is 0 Å². The minimum atomic E-state index is -0.699. The SMILES string of the molecule is CCCCC(CC(C)c1ccc(C(=O)C2CCC(CN)CC2)cc1)C(=O)O. The van der Waals surface area contributed by atoms with E-state index in [1.165, 1.54) is 0 Å². The Morgan fingerprint density at radius 2 is 1.78 bits per heavy atom. The van der Waals surface area contributed by atoms with Crippen LogP contribution in [0, 0.1) is 17.8 Å². The van der Waals surface area contributed by atoms with Crippen LogP contribution in [0.3, 0.4) is 0 Å². The molecule has 0 bridgehead atoms. The highest BCUT2D eigenvalue weighted by Crippen LogP contribution is 2.31. The summed E-state index contributed by atoms with van der Waals surface area (Å²) in [6.45, 7) is 4.89. The van der Waals surface area contributed by atoms with Crippen LogP contribution in [0.1, 0.15) is 87.1 Å². The van der Waals surface area contributed by atoms with Gasteiger partial charge >= 0.3 is 5.97 Å². The van der Waals surface area contributed by atoms with Crippen molar-refractivity contribution in [1.82, 2.24) is 0 Å². The van der Waals surface area contributed by atoms with E-state index in [1.54, 1.807) is 0 Å². The highest BCUT2D eigenvalue weighted by Gasteiger charge is 2.26. The van der Waals surface area contributed by atoms with Crippen LogP contribution in [-0.2, 0) is 4.79 Å². The second-order valence-corrected chi connectivity index (χ2v) is 8.25. The Balaban J connectivity index is 1.95. The molecule has 2 atom stereocenters. The van der Waals surface area contributed by atoms with Gasteiger partial charge in [-0.2, -0.15) is 0 Å². The number of carboxylic acids is 1. The second kappa shape index (κ2) is 10.6. The van der Waals surface area contributed by atoms with Crippen LogP contribution < -0.4 is 5.73 Å². The van der Waals surface area contributed by atoms with E-state index in [-0.39, 0.29) is 23.5 Å². The van der Waals surface area contributed by atoms with Gasteiger partial charge in [-0.05, 0) is 62.5 Å². The summed E-state index contributed by atoms with van der Waals surface area (Å²) in [5.74, 6) is 0.131. The fraction of sp³-hybridized carbons (Fsp3) is 0.652. The molecule has 0 radical (unpaired) electrons. The molecule has 150 valence electrons. The molecule has 2 unspecified atom stereocenters. The zero-order valence-electron chi connectivity index (χ0n) is 16.8. The second-order valence-electron chi connectivity index (χ2n) is 8.25. The fourth-order valence-electron chi connectivity index (χ4n) is 4.23. The first-order valence-corrected chi connectivity index (χ1v) is 10.5. The molecule has 0 aliphatic heterocycles. The lowest BCUT2D eigenvalue weighted by molar-refractivity contribution is -0.142. The Labute approximate surface area is 163 Å². The van der Waals surface area contributed by atoms with Crippen molar-refractivity contribution < 1.29 is 14.7 Å². The van der Waals surface area contributed by atoms with Crippen LogP contribution in [0.4, 0.5) is 0 Å². The molecule has 1 aliphatic rings. The summed E-state index contributed by atoms with van der Waals surface area (Å²) in [6, 6.07) is 7.85. The van der Waals surface area contributed by atoms with Crippen molar-refractivity contribution in [1.29, 1.82) is 0 Å². The molecule has 2 rings (SSSR count). The maximum absolute atomic E-state index is 12.8. The first-order chi connectivity index (χ1) is 13.0. The lowest BCUT2D eigenvalue weighted by Crippen LogP contribution is -2.25. The fourth-order valence-corrected chi connectivity index (χ4v) is 4.23. The standard InChI is InChI=1S/C23H35NO3/c1-3-4-5-21(23(26)27)14-16(2)18-10-12-20(13-11-18)22(25)19-8-6-17(15-24)7-9-19/h10-13,16-17,19,21H,3-9,14-15,24H2,1-2H3,(H,26,27). The number of unbranched alkanes of at least 4 members (excludes halogenated alkanes) is 1. The van der Waals surface area contributed by atoms with E-state index < -0.39 is 5.97 Å². The van der Waals surface area contributed by atoms with Gasteiger partial charge in [0, 0.05) is 11.5 Å². The number of rotatable bonds is 10. The molecule has 0 spiro atoms. The molecule has 1 fully saturated rings. The number of benzene rings is 1. The van der Waals surface area contributed by atoms with Gasteiger partial charge in [0.1, 0.15) is 0 Å². The number of carbonyl (C=O) groups excluding carboxylic acids is 1. The summed E-state index contributed by atoms with van der Waals surface area (Å²) < 4.78 is 0. The first kappa shape index (κ1) is 21.6. The van der Waals surface area contributed by atoms with Gasteiger partial charge in [0.15, 0.2) is 5.78 Å². The topological polar surface area (TPSA) is 80.4 Å². The zero-order valence-corrected chi connectivity index (χ0v) is 16.8. The summed E-state index contributed by atoms with van der Waals surface area (Å²) in [6.07, 6.45) is 7.33. The van der Waals surface area contributed by atoms with Gasteiger partial charge in [0.25, 0.3) is 0 Å². The van der Waals surface area contributed by atoms with E-state index in [0.29, 0.717) is 12.3 Å². The molecule has 0 amide bonds. The summed E-state index contributed by atoms with van der Waals surface area (Å²) >= 11 is 0. The van der Waals surface area contributed by atoms with Crippen LogP contribution in [-0.4, -0.2) is 23.4 Å². The van der Waals surface area contributed by atoms with Crippen molar-refractivity contribution in [3.63, 3.8) is 0 Å². The van der Waals surface area contributed by atoms with Gasteiger partial charge in [0.05, 0.1) is 5.92 Å². The van der Waals surface area contributed by atoms with Gasteiger partial charge in [0.2, 0.25) is 0 Å². The van der Waals surface area contributed by atoms with E-state index in [0.717, 1.165) is 62.6 Å². The van der Waals surface area contributed by atoms with E-state index in [9.17, 15) is 14.7 Å². The minimum absolute atomic E-state index is 0.126. The molecule has 1 aliphatic carbocycles. The van der Waals surface area contributed by atoms with Crippen molar-refractivity contribution in [2.45, 2.75) is 71.1 Å². The summed E-state index contributed by atoms with van der Waals surface area (Å²) in [5.41, 5.74) is 7.63. The van der Waals surface area contributed by atoms with Crippen molar-refractivity contribution >= 4 is 11.8 Å². The molecule has 0 saturated heterocycles. The third-order valence-corrected chi connectivity index (χ3v) is 6.21. The lowest BCUT2D eigenvalue weighted by Gasteiger charge is -2.26. The maximum Gasteiger partial charge on any atom is 0.306 e. The Hall–Kier alpha value is -1.68. The molecular formula is C23H35NO3. The number of hydrogen-bond donors (Lipinski definition) is 2. The van der Waals surface area contributed by atoms with Gasteiger partial charge in [-0.25, -0.2) is 0 Å². The highest BCUT2D eigenvalue weighted by molar-refractivity contribution is 5.97. The van der Waals surface area contributed by atoms with Gasteiger partial charge in [-0.3, -0.25) is 9.59 Å². The average molecular weight is 374 g/mol. The smallest absolute Gasteiger partial charge is 0.306 e. The zero-order chi connectivity index (χ0) is 19.8. The molecule has 3 N–H and O–H groups in total. The quantitative estimate of drug-likeness (QED) is 0.564. The van der Waals surface area contributed by atoms with Crippen molar-refractivity contribution in [2.75, 3.05) is 6.54 Å². The minimum Gasteiger partial charge on any atom is -0.481 e. The number of aliphatic carboxylic acids is 1. The number of nitrogens with two attached hydrogens (primary N) is 1. The largest absolute Gasteiger partial charge is 0.481 e. The van der Waals surface area contributed by atoms with Crippen LogP contribution >= 0.6 is 0 Å². The van der Waals surface area contributed by atoms with Crippen LogP contribution in [0.2, 0.25) is 0 Å². The Morgan fingerprint density at radius 3 is 2.30 bits per heavy atom. The predicted molar refractivity (Wildman–Crippen MR) is 109 cm³/mol. The van der Waals surface area contributed by atoms with Crippen molar-refractivity contribution in [3.8, 4) is 0 Å². The number of carbonyl (C=O) groups is 2. The predicted octanol–water partition coefficient (Wildman–Crippen LogP) is 5.02. The van der Waals surface area contributed by atoms with Crippen LogP contribution in [0.15, 0.2) is 24.3 Å². The van der Waals surface area contributed by atoms with Crippen molar-refractivity contribution in [2.24, 2.45) is 23.5 Å². The molecule has 1 saturated carbocycles. The Bertz CT molecular complexity index is 603.